The molecule has 0 N–H and O–H groups in total. The second-order valence-electron chi connectivity index (χ2n) is 0.964. The molecular weight excluding hydrogens is 76.1 g/mol. The van der Waals surface area contributed by atoms with Gasteiger partial charge in [0.05, 0.1) is 0 Å². The summed E-state index contributed by atoms with van der Waals surface area (Å²) in [5.74, 6) is 0. The Morgan fingerprint density at radius 1 is 1.83 bits per heavy atom. The van der Waals surface area contributed by atoms with Crippen LogP contribution in [0.2, 0.25) is 0 Å². The first kappa shape index (κ1) is 9.05. The first-order valence-electron chi connectivity index (χ1n) is 1.38. The second-order valence-corrected chi connectivity index (χ2v) is 0.964. The zero-order valence-electron chi connectivity index (χ0n) is 3.19. The van der Waals surface area contributed by atoms with E-state index in [9.17, 15) is 4.79 Å². The number of hydrogen-bond donors (Lipinski definition) is 0. The predicted octanol–water partition coefficient (Wildman–Crippen LogP) is 1.40. The van der Waals surface area contributed by atoms with Crippen molar-refractivity contribution in [3.63, 3.8) is 0 Å². The smallest absolute Gasteiger partial charge is 0.145 e. The summed E-state index contributed by atoms with van der Waals surface area (Å²) in [6, 6.07) is 0. The van der Waals surface area contributed by atoms with E-state index in [0.29, 0.717) is 5.57 Å². The van der Waals surface area contributed by atoms with Crippen LogP contribution in [-0.4, -0.2) is 6.29 Å². The van der Waals surface area contributed by atoms with Crippen molar-refractivity contribution >= 4 is 6.29 Å². The molecule has 0 aromatic rings. The molecule has 1 heteroatoms. The third kappa shape index (κ3) is 9.96. The lowest BCUT2D eigenvalue weighted by Gasteiger charge is -1.65. The Bertz CT molecular complexity index is 55.0. The third-order valence-corrected chi connectivity index (χ3v) is 0.201. The lowest BCUT2D eigenvalue weighted by Crippen LogP contribution is -1.65. The topological polar surface area (TPSA) is 17.1 Å². The lowest BCUT2D eigenvalue weighted by atomic mass is 10.4. The van der Waals surface area contributed by atoms with Crippen molar-refractivity contribution in [1.29, 1.82) is 0 Å². The summed E-state index contributed by atoms with van der Waals surface area (Å²) in [5.41, 5.74) is 0.574. The molecule has 0 saturated heterocycles. The van der Waals surface area contributed by atoms with Crippen molar-refractivity contribution in [2.45, 2.75) is 14.4 Å². The molecule has 0 spiro atoms. The Hall–Kier alpha value is -0.590. The summed E-state index contributed by atoms with van der Waals surface area (Å²) in [6.07, 6.45) is 0.722. The fourth-order valence-corrected chi connectivity index (χ4v) is 0. The molecule has 6 heavy (non-hydrogen) atoms. The highest BCUT2D eigenvalue weighted by molar-refractivity contribution is 5.70. The average molecular weight is 86.1 g/mol. The van der Waals surface area contributed by atoms with Crippen LogP contribution < -0.4 is 0 Å². The molecule has 0 amide bonds. The van der Waals surface area contributed by atoms with Gasteiger partial charge < -0.3 is 0 Å². The molecule has 0 unspecified atom stereocenters. The number of aldehydes is 1. The Labute approximate surface area is 38.7 Å². The van der Waals surface area contributed by atoms with Crippen molar-refractivity contribution in [3.05, 3.63) is 12.2 Å². The minimum Gasteiger partial charge on any atom is -0.298 e. The molecule has 0 rings (SSSR count). The van der Waals surface area contributed by atoms with Gasteiger partial charge in [-0.3, -0.25) is 4.79 Å². The number of rotatable bonds is 1. The summed E-state index contributed by atoms with van der Waals surface area (Å²) < 4.78 is 0. The van der Waals surface area contributed by atoms with Gasteiger partial charge in [0.1, 0.15) is 6.29 Å². The van der Waals surface area contributed by atoms with E-state index >= 15 is 0 Å². The molecule has 0 aromatic heterocycles. The Balaban J connectivity index is 0. The van der Waals surface area contributed by atoms with Crippen LogP contribution in [0.3, 0.4) is 0 Å². The van der Waals surface area contributed by atoms with Gasteiger partial charge in [-0.05, 0) is 12.5 Å². The number of carbonyl (C=O) groups excluding carboxylic acids is 1. The van der Waals surface area contributed by atoms with Crippen molar-refractivity contribution < 1.29 is 4.79 Å². The van der Waals surface area contributed by atoms with E-state index in [-0.39, 0.29) is 7.43 Å². The maximum atomic E-state index is 9.41. The van der Waals surface area contributed by atoms with Gasteiger partial charge in [-0.15, -0.1) is 0 Å². The zero-order chi connectivity index (χ0) is 4.28. The Kier molecular flexibility index (Phi) is 6.65. The molecule has 0 bridgehead atoms. The van der Waals surface area contributed by atoms with Gasteiger partial charge in [0, 0.05) is 0 Å². The van der Waals surface area contributed by atoms with E-state index in [1.165, 1.54) is 0 Å². The molecule has 36 valence electrons. The molecule has 0 aromatic carbocycles. The maximum Gasteiger partial charge on any atom is 0.145 e. The zero-order valence-corrected chi connectivity index (χ0v) is 3.19. The molecule has 0 heterocycles. The number of hydrogen-bond acceptors (Lipinski definition) is 1. The van der Waals surface area contributed by atoms with E-state index in [2.05, 4.69) is 6.58 Å². The van der Waals surface area contributed by atoms with Crippen LogP contribution in [0, 0.1) is 0 Å². The minimum absolute atomic E-state index is 0. The normalized spacial score (nSPS) is 5.50. The van der Waals surface area contributed by atoms with E-state index in [4.69, 9.17) is 0 Å². The molecule has 0 fully saturated rings. The van der Waals surface area contributed by atoms with E-state index in [0.717, 1.165) is 6.29 Å². The molecule has 0 aliphatic heterocycles. The van der Waals surface area contributed by atoms with Crippen molar-refractivity contribution in [2.75, 3.05) is 0 Å². The van der Waals surface area contributed by atoms with Crippen LogP contribution in [0.4, 0.5) is 0 Å². The summed E-state index contributed by atoms with van der Waals surface area (Å²) in [7, 11) is 0. The van der Waals surface area contributed by atoms with E-state index in [1.54, 1.807) is 6.92 Å². The van der Waals surface area contributed by atoms with Gasteiger partial charge in [-0.25, -0.2) is 0 Å². The predicted molar refractivity (Wildman–Crippen MR) is 27.6 cm³/mol. The van der Waals surface area contributed by atoms with Crippen LogP contribution >= 0.6 is 0 Å². The van der Waals surface area contributed by atoms with E-state index in [1.807, 2.05) is 0 Å². The van der Waals surface area contributed by atoms with E-state index < -0.39 is 0 Å². The summed E-state index contributed by atoms with van der Waals surface area (Å²) in [4.78, 5) is 9.41. The molecule has 1 nitrogen and oxygen atoms in total. The highest BCUT2D eigenvalue weighted by Crippen LogP contribution is 1.70. The van der Waals surface area contributed by atoms with Crippen LogP contribution in [0.5, 0.6) is 0 Å². The quantitative estimate of drug-likeness (QED) is 0.348. The number of carbonyl (C=O) groups is 1. The molecular formula is C5H10O. The molecule has 0 radical (unpaired) electrons. The average Bonchev–Trinajstić information content (AvgIpc) is 1.38. The van der Waals surface area contributed by atoms with Crippen LogP contribution in [0.25, 0.3) is 0 Å². The van der Waals surface area contributed by atoms with Gasteiger partial charge in [0.25, 0.3) is 0 Å². The van der Waals surface area contributed by atoms with Crippen molar-refractivity contribution in [2.24, 2.45) is 0 Å². The highest BCUT2D eigenvalue weighted by Gasteiger charge is 1.66. The maximum absolute atomic E-state index is 9.41. The highest BCUT2D eigenvalue weighted by atomic mass is 16.1. The minimum atomic E-state index is 0. The van der Waals surface area contributed by atoms with Gasteiger partial charge in [0.15, 0.2) is 0 Å². The summed E-state index contributed by atoms with van der Waals surface area (Å²) >= 11 is 0. The van der Waals surface area contributed by atoms with Crippen molar-refractivity contribution in [3.8, 4) is 0 Å². The second kappa shape index (κ2) is 4.41. The van der Waals surface area contributed by atoms with Gasteiger partial charge in [0.2, 0.25) is 0 Å². The Morgan fingerprint density at radius 2 is 2.00 bits per heavy atom. The molecule has 0 atom stereocenters. The standard InChI is InChI=1S/C4H6O.CH4/c1-4(2)3-5;/h3H,1H2,2H3;1H4. The van der Waals surface area contributed by atoms with Gasteiger partial charge in [-0.1, -0.05) is 14.0 Å². The Morgan fingerprint density at radius 3 is 2.00 bits per heavy atom. The SMILES string of the molecule is C.C=C(C)C=O. The summed E-state index contributed by atoms with van der Waals surface area (Å²) in [6.45, 7) is 4.97. The third-order valence-electron chi connectivity index (χ3n) is 0.201. The van der Waals surface area contributed by atoms with Crippen LogP contribution in [0.15, 0.2) is 12.2 Å². The number of allylic oxidation sites excluding steroid dienone is 1. The van der Waals surface area contributed by atoms with Gasteiger partial charge in [-0.2, -0.15) is 0 Å². The summed E-state index contributed by atoms with van der Waals surface area (Å²) in [5, 5.41) is 0. The molecule has 0 saturated carbocycles. The fourth-order valence-electron chi connectivity index (χ4n) is 0. The monoisotopic (exact) mass is 86.1 g/mol. The van der Waals surface area contributed by atoms with Gasteiger partial charge >= 0.3 is 0 Å². The van der Waals surface area contributed by atoms with Crippen LogP contribution in [-0.2, 0) is 4.79 Å². The van der Waals surface area contributed by atoms with Crippen molar-refractivity contribution in [1.82, 2.24) is 0 Å². The first-order valence-corrected chi connectivity index (χ1v) is 1.38. The molecule has 0 aliphatic carbocycles. The lowest BCUT2D eigenvalue weighted by molar-refractivity contribution is -0.104. The van der Waals surface area contributed by atoms with Crippen LogP contribution in [0.1, 0.15) is 14.4 Å². The molecule has 0 aliphatic rings. The first-order chi connectivity index (χ1) is 2.27. The largest absolute Gasteiger partial charge is 0.298 e. The fraction of sp³-hybridized carbons (Fsp3) is 0.400.